The fourth-order valence-corrected chi connectivity index (χ4v) is 1.91. The van der Waals surface area contributed by atoms with Gasteiger partial charge in [-0.05, 0) is 34.0 Å². The van der Waals surface area contributed by atoms with Crippen molar-refractivity contribution in [3.63, 3.8) is 0 Å². The lowest BCUT2D eigenvalue weighted by atomic mass is 10.2. The van der Waals surface area contributed by atoms with Gasteiger partial charge in [-0.3, -0.25) is 9.59 Å². The summed E-state index contributed by atoms with van der Waals surface area (Å²) < 4.78 is 13.4. The van der Waals surface area contributed by atoms with Crippen LogP contribution in [0.4, 0.5) is 4.39 Å². The molecule has 1 aromatic carbocycles. The Morgan fingerprint density at radius 3 is 2.65 bits per heavy atom. The summed E-state index contributed by atoms with van der Waals surface area (Å²) in [6.07, 6.45) is 0.200. The summed E-state index contributed by atoms with van der Waals surface area (Å²) in [6.45, 7) is 4.83. The Hall–Kier alpha value is -1.43. The number of benzene rings is 1. The van der Waals surface area contributed by atoms with Crippen LogP contribution in [0.3, 0.4) is 0 Å². The molecule has 0 heterocycles. The highest BCUT2D eigenvalue weighted by atomic mass is 79.9. The van der Waals surface area contributed by atoms with E-state index in [0.29, 0.717) is 12.5 Å². The Balaban J connectivity index is 2.40. The van der Waals surface area contributed by atoms with Gasteiger partial charge >= 0.3 is 0 Å². The first-order valence-corrected chi connectivity index (χ1v) is 7.20. The summed E-state index contributed by atoms with van der Waals surface area (Å²) in [7, 11) is 0. The van der Waals surface area contributed by atoms with Gasteiger partial charge < -0.3 is 10.6 Å². The van der Waals surface area contributed by atoms with Gasteiger partial charge in [-0.1, -0.05) is 19.9 Å². The molecule has 2 N–H and O–H groups in total. The Morgan fingerprint density at radius 2 is 2.00 bits per heavy atom. The van der Waals surface area contributed by atoms with Gasteiger partial charge in [0.1, 0.15) is 5.82 Å². The van der Waals surface area contributed by atoms with Gasteiger partial charge in [0.25, 0.3) is 5.91 Å². The first-order valence-electron chi connectivity index (χ1n) is 6.40. The minimum absolute atomic E-state index is 0.114. The molecule has 0 atom stereocenters. The molecule has 0 unspecified atom stereocenters. The summed E-state index contributed by atoms with van der Waals surface area (Å²) in [6, 6.07) is 4.24. The van der Waals surface area contributed by atoms with Gasteiger partial charge in [0, 0.05) is 19.5 Å². The smallest absolute Gasteiger partial charge is 0.252 e. The van der Waals surface area contributed by atoms with E-state index in [1.54, 1.807) is 0 Å². The number of carbonyl (C=O) groups is 2. The first-order chi connectivity index (χ1) is 9.41. The number of hydrogen-bond donors (Lipinski definition) is 2. The first kappa shape index (κ1) is 16.6. The van der Waals surface area contributed by atoms with Crippen LogP contribution in [0.1, 0.15) is 30.6 Å². The Labute approximate surface area is 126 Å². The second kappa shape index (κ2) is 7.99. The maximum absolute atomic E-state index is 13.3. The van der Waals surface area contributed by atoms with Gasteiger partial charge in [0.15, 0.2) is 0 Å². The minimum atomic E-state index is -0.493. The summed E-state index contributed by atoms with van der Waals surface area (Å²) in [5, 5.41) is 5.35. The highest BCUT2D eigenvalue weighted by molar-refractivity contribution is 9.10. The van der Waals surface area contributed by atoms with E-state index in [4.69, 9.17) is 0 Å². The molecular weight excluding hydrogens is 327 g/mol. The third-order valence-corrected chi connectivity index (χ3v) is 3.35. The zero-order chi connectivity index (χ0) is 15.1. The van der Waals surface area contributed by atoms with Crippen LogP contribution in [0.5, 0.6) is 0 Å². The molecule has 0 saturated heterocycles. The fraction of sp³-hybridized carbons (Fsp3) is 0.429. The summed E-state index contributed by atoms with van der Waals surface area (Å²) >= 11 is 3.03. The molecular formula is C14H18BrFN2O2. The van der Waals surface area contributed by atoms with Crippen molar-refractivity contribution in [2.24, 2.45) is 5.92 Å². The number of rotatable bonds is 6. The Bertz CT molecular complexity index is 492. The zero-order valence-corrected chi connectivity index (χ0v) is 13.1. The van der Waals surface area contributed by atoms with Crippen LogP contribution in [0.25, 0.3) is 0 Å². The highest BCUT2D eigenvalue weighted by Crippen LogP contribution is 2.20. The molecule has 6 heteroatoms. The average molecular weight is 345 g/mol. The quantitative estimate of drug-likeness (QED) is 0.832. The van der Waals surface area contributed by atoms with Crippen molar-refractivity contribution in [1.82, 2.24) is 10.6 Å². The molecule has 110 valence electrons. The van der Waals surface area contributed by atoms with Crippen molar-refractivity contribution < 1.29 is 14.0 Å². The van der Waals surface area contributed by atoms with Crippen molar-refractivity contribution in [3.8, 4) is 0 Å². The summed E-state index contributed by atoms with van der Waals surface area (Å²) in [5.41, 5.74) is 0.215. The van der Waals surface area contributed by atoms with Crippen molar-refractivity contribution >= 4 is 27.7 Å². The zero-order valence-electron chi connectivity index (χ0n) is 11.5. The molecule has 0 saturated carbocycles. The van der Waals surface area contributed by atoms with Gasteiger partial charge in [-0.25, -0.2) is 4.39 Å². The van der Waals surface area contributed by atoms with Crippen LogP contribution in [-0.2, 0) is 4.79 Å². The van der Waals surface area contributed by atoms with Gasteiger partial charge in [-0.2, -0.15) is 0 Å². The highest BCUT2D eigenvalue weighted by Gasteiger charge is 2.12. The van der Waals surface area contributed by atoms with E-state index in [0.717, 1.165) is 0 Å². The van der Waals surface area contributed by atoms with Crippen LogP contribution < -0.4 is 10.6 Å². The predicted molar refractivity (Wildman–Crippen MR) is 78.9 cm³/mol. The normalized spacial score (nSPS) is 10.4. The van der Waals surface area contributed by atoms with E-state index in [9.17, 15) is 14.0 Å². The molecule has 20 heavy (non-hydrogen) atoms. The van der Waals surface area contributed by atoms with Crippen LogP contribution in [0, 0.1) is 11.7 Å². The van der Waals surface area contributed by atoms with E-state index in [1.165, 1.54) is 18.2 Å². The standard InChI is InChI=1S/C14H18BrFN2O2/c1-9(2)8-18-12(19)6-7-17-14(20)10-4-3-5-11(16)13(10)15/h3-5,9H,6-8H2,1-2H3,(H,17,20)(H,18,19). The average Bonchev–Trinajstić information content (AvgIpc) is 2.39. The molecule has 0 radical (unpaired) electrons. The number of carbonyl (C=O) groups excluding carboxylic acids is 2. The second-order valence-corrected chi connectivity index (χ2v) is 5.60. The minimum Gasteiger partial charge on any atom is -0.356 e. The number of amides is 2. The number of hydrogen-bond acceptors (Lipinski definition) is 2. The van der Waals surface area contributed by atoms with Crippen LogP contribution in [-0.4, -0.2) is 24.9 Å². The molecule has 4 nitrogen and oxygen atoms in total. The molecule has 0 aliphatic rings. The second-order valence-electron chi connectivity index (χ2n) is 4.81. The van der Waals surface area contributed by atoms with Crippen molar-refractivity contribution in [2.75, 3.05) is 13.1 Å². The van der Waals surface area contributed by atoms with Gasteiger partial charge in [0.2, 0.25) is 5.91 Å². The lowest BCUT2D eigenvalue weighted by Gasteiger charge is -2.09. The molecule has 0 spiro atoms. The maximum Gasteiger partial charge on any atom is 0.252 e. The SMILES string of the molecule is CC(C)CNC(=O)CCNC(=O)c1cccc(F)c1Br. The summed E-state index contributed by atoms with van der Waals surface area (Å²) in [4.78, 5) is 23.3. The molecule has 0 aliphatic heterocycles. The Morgan fingerprint density at radius 1 is 1.30 bits per heavy atom. The largest absolute Gasteiger partial charge is 0.356 e. The molecule has 0 aliphatic carbocycles. The topological polar surface area (TPSA) is 58.2 Å². The van der Waals surface area contributed by atoms with Crippen LogP contribution in [0.15, 0.2) is 22.7 Å². The van der Waals surface area contributed by atoms with E-state index >= 15 is 0 Å². The van der Waals surface area contributed by atoms with Gasteiger partial charge in [0.05, 0.1) is 10.0 Å². The molecule has 0 bridgehead atoms. The molecule has 2 amide bonds. The maximum atomic E-state index is 13.3. The lowest BCUT2D eigenvalue weighted by molar-refractivity contribution is -0.121. The van der Waals surface area contributed by atoms with Crippen LogP contribution >= 0.6 is 15.9 Å². The van der Waals surface area contributed by atoms with Crippen molar-refractivity contribution in [1.29, 1.82) is 0 Å². The Kier molecular flexibility index (Phi) is 6.64. The molecule has 1 rings (SSSR count). The van der Waals surface area contributed by atoms with E-state index in [-0.39, 0.29) is 28.9 Å². The molecule has 1 aromatic rings. The number of nitrogens with one attached hydrogen (secondary N) is 2. The monoisotopic (exact) mass is 344 g/mol. The van der Waals surface area contributed by atoms with E-state index < -0.39 is 11.7 Å². The fourth-order valence-electron chi connectivity index (χ4n) is 1.47. The van der Waals surface area contributed by atoms with Gasteiger partial charge in [-0.15, -0.1) is 0 Å². The van der Waals surface area contributed by atoms with Crippen molar-refractivity contribution in [3.05, 3.63) is 34.1 Å². The number of halogens is 2. The summed E-state index contributed by atoms with van der Waals surface area (Å²) in [5.74, 6) is -0.630. The van der Waals surface area contributed by atoms with Crippen LogP contribution in [0.2, 0.25) is 0 Å². The molecule has 0 fully saturated rings. The van der Waals surface area contributed by atoms with E-state index in [1.807, 2.05) is 13.8 Å². The third kappa shape index (κ3) is 5.28. The predicted octanol–water partition coefficient (Wildman–Crippen LogP) is 2.48. The third-order valence-electron chi connectivity index (χ3n) is 2.54. The van der Waals surface area contributed by atoms with Crippen molar-refractivity contribution in [2.45, 2.75) is 20.3 Å². The van der Waals surface area contributed by atoms with E-state index in [2.05, 4.69) is 26.6 Å². The molecule has 0 aromatic heterocycles. The lowest BCUT2D eigenvalue weighted by Crippen LogP contribution is -2.32.